The average Bonchev–Trinajstić information content (AvgIpc) is 2.83. The van der Waals surface area contributed by atoms with Gasteiger partial charge in [0.2, 0.25) is 0 Å². The number of H-pyrrole nitrogens is 1. The van der Waals surface area contributed by atoms with Crippen molar-refractivity contribution in [1.29, 1.82) is 0 Å². The van der Waals surface area contributed by atoms with E-state index in [0.717, 1.165) is 23.3 Å². The SMILES string of the molecule is Cc1cccc(-c2[nH]c3ccc(C(F)(F)F)cc3c2C=O)c1. The Kier molecular flexibility index (Phi) is 3.28. The molecule has 0 spiro atoms. The first kappa shape index (κ1) is 14.4. The summed E-state index contributed by atoms with van der Waals surface area (Å²) >= 11 is 0. The van der Waals surface area contributed by atoms with E-state index in [1.54, 1.807) is 0 Å². The lowest BCUT2D eigenvalue weighted by Crippen LogP contribution is -2.04. The smallest absolute Gasteiger partial charge is 0.354 e. The summed E-state index contributed by atoms with van der Waals surface area (Å²) in [5.41, 5.74) is 2.29. The van der Waals surface area contributed by atoms with Crippen LogP contribution in [0.25, 0.3) is 22.2 Å². The zero-order valence-electron chi connectivity index (χ0n) is 11.7. The summed E-state index contributed by atoms with van der Waals surface area (Å²) < 4.78 is 38.5. The number of nitrogens with one attached hydrogen (secondary N) is 1. The number of benzene rings is 2. The van der Waals surface area contributed by atoms with Gasteiger partial charge in [-0.1, -0.05) is 23.8 Å². The molecule has 0 radical (unpaired) electrons. The van der Waals surface area contributed by atoms with Crippen LogP contribution in [0.2, 0.25) is 0 Å². The number of carbonyl (C=O) groups is 1. The third-order valence-corrected chi connectivity index (χ3v) is 3.59. The molecule has 112 valence electrons. The number of halogens is 3. The summed E-state index contributed by atoms with van der Waals surface area (Å²) in [6, 6.07) is 10.8. The second-order valence-electron chi connectivity index (χ2n) is 5.16. The zero-order chi connectivity index (χ0) is 15.9. The van der Waals surface area contributed by atoms with Crippen LogP contribution < -0.4 is 0 Å². The summed E-state index contributed by atoms with van der Waals surface area (Å²) in [7, 11) is 0. The maximum atomic E-state index is 12.8. The van der Waals surface area contributed by atoms with Gasteiger partial charge in [-0.2, -0.15) is 13.2 Å². The maximum Gasteiger partial charge on any atom is 0.416 e. The van der Waals surface area contributed by atoms with Gasteiger partial charge in [0.05, 0.1) is 11.3 Å². The van der Waals surface area contributed by atoms with E-state index in [4.69, 9.17) is 0 Å². The molecular formula is C17H12F3NO. The highest BCUT2D eigenvalue weighted by Crippen LogP contribution is 2.35. The molecule has 1 aromatic heterocycles. The van der Waals surface area contributed by atoms with Gasteiger partial charge in [-0.15, -0.1) is 0 Å². The van der Waals surface area contributed by atoms with Crippen LogP contribution in [0.1, 0.15) is 21.5 Å². The third-order valence-electron chi connectivity index (χ3n) is 3.59. The van der Waals surface area contributed by atoms with E-state index in [0.29, 0.717) is 17.5 Å². The molecule has 0 atom stereocenters. The van der Waals surface area contributed by atoms with Crippen LogP contribution in [0.5, 0.6) is 0 Å². The minimum Gasteiger partial charge on any atom is -0.354 e. The van der Waals surface area contributed by atoms with Crippen LogP contribution in [0.15, 0.2) is 42.5 Å². The number of hydrogen-bond acceptors (Lipinski definition) is 1. The topological polar surface area (TPSA) is 32.9 Å². The third kappa shape index (κ3) is 2.39. The fourth-order valence-electron chi connectivity index (χ4n) is 2.54. The fraction of sp³-hybridized carbons (Fsp3) is 0.118. The van der Waals surface area contributed by atoms with Gasteiger partial charge < -0.3 is 4.98 Å². The lowest BCUT2D eigenvalue weighted by molar-refractivity contribution is -0.137. The molecule has 0 saturated heterocycles. The molecule has 0 fully saturated rings. The predicted octanol–water partition coefficient (Wildman–Crippen LogP) is 4.97. The van der Waals surface area contributed by atoms with Gasteiger partial charge in [-0.25, -0.2) is 0 Å². The second-order valence-corrected chi connectivity index (χ2v) is 5.16. The minimum atomic E-state index is -4.44. The molecule has 2 aromatic carbocycles. The van der Waals surface area contributed by atoms with Crippen LogP contribution >= 0.6 is 0 Å². The number of carbonyl (C=O) groups excluding carboxylic acids is 1. The van der Waals surface area contributed by atoms with E-state index in [1.807, 2.05) is 31.2 Å². The van der Waals surface area contributed by atoms with Gasteiger partial charge >= 0.3 is 6.18 Å². The summed E-state index contributed by atoms with van der Waals surface area (Å²) in [6.07, 6.45) is -3.84. The normalized spacial score (nSPS) is 11.8. The Morgan fingerprint density at radius 3 is 2.50 bits per heavy atom. The quantitative estimate of drug-likeness (QED) is 0.666. The highest BCUT2D eigenvalue weighted by Gasteiger charge is 2.31. The van der Waals surface area contributed by atoms with E-state index in [2.05, 4.69) is 4.98 Å². The average molecular weight is 303 g/mol. The molecule has 1 heterocycles. The van der Waals surface area contributed by atoms with Gasteiger partial charge in [-0.3, -0.25) is 4.79 Å². The standard InChI is InChI=1S/C17H12F3NO/c1-10-3-2-4-11(7-10)16-14(9-22)13-8-12(17(18,19)20)5-6-15(13)21-16/h2-9,21H,1H3. The molecule has 0 saturated carbocycles. The molecule has 1 N–H and O–H groups in total. The van der Waals surface area contributed by atoms with Crippen molar-refractivity contribution >= 4 is 17.2 Å². The minimum absolute atomic E-state index is 0.242. The monoisotopic (exact) mass is 303 g/mol. The highest BCUT2D eigenvalue weighted by atomic mass is 19.4. The maximum absolute atomic E-state index is 12.8. The number of alkyl halides is 3. The van der Waals surface area contributed by atoms with Gasteiger partial charge in [0.1, 0.15) is 0 Å². The van der Waals surface area contributed by atoms with Crippen molar-refractivity contribution in [3.8, 4) is 11.3 Å². The van der Waals surface area contributed by atoms with Crippen molar-refractivity contribution in [3.63, 3.8) is 0 Å². The van der Waals surface area contributed by atoms with Crippen molar-refractivity contribution in [3.05, 3.63) is 59.2 Å². The number of aryl methyl sites for hydroxylation is 1. The summed E-state index contributed by atoms with van der Waals surface area (Å²) in [5, 5.41) is 0.279. The molecule has 0 aliphatic carbocycles. The Morgan fingerprint density at radius 1 is 1.09 bits per heavy atom. The molecule has 0 aliphatic heterocycles. The number of aromatic nitrogens is 1. The number of rotatable bonds is 2. The Hall–Kier alpha value is -2.56. The lowest BCUT2D eigenvalue weighted by atomic mass is 10.0. The Labute approximate surface area is 124 Å². The number of fused-ring (bicyclic) bond motifs is 1. The highest BCUT2D eigenvalue weighted by molar-refractivity contribution is 6.04. The first-order valence-corrected chi connectivity index (χ1v) is 6.65. The molecule has 3 aromatic rings. The Bertz CT molecular complexity index is 862. The second kappa shape index (κ2) is 5.02. The predicted molar refractivity (Wildman–Crippen MR) is 78.9 cm³/mol. The molecular weight excluding hydrogens is 291 g/mol. The van der Waals surface area contributed by atoms with E-state index in [-0.39, 0.29) is 10.9 Å². The van der Waals surface area contributed by atoms with Crippen molar-refractivity contribution in [2.45, 2.75) is 13.1 Å². The van der Waals surface area contributed by atoms with Crippen LogP contribution in [-0.4, -0.2) is 11.3 Å². The Morgan fingerprint density at radius 2 is 1.86 bits per heavy atom. The first-order valence-electron chi connectivity index (χ1n) is 6.65. The summed E-state index contributed by atoms with van der Waals surface area (Å²) in [6.45, 7) is 1.91. The number of aromatic amines is 1. The molecule has 0 unspecified atom stereocenters. The lowest BCUT2D eigenvalue weighted by Gasteiger charge is -2.06. The molecule has 0 amide bonds. The first-order chi connectivity index (χ1) is 10.4. The van der Waals surface area contributed by atoms with Gasteiger partial charge in [-0.05, 0) is 36.8 Å². The van der Waals surface area contributed by atoms with E-state index < -0.39 is 11.7 Å². The molecule has 2 nitrogen and oxygen atoms in total. The van der Waals surface area contributed by atoms with Crippen molar-refractivity contribution < 1.29 is 18.0 Å². The molecule has 3 rings (SSSR count). The van der Waals surface area contributed by atoms with Crippen molar-refractivity contribution in [1.82, 2.24) is 4.98 Å². The van der Waals surface area contributed by atoms with E-state index in [9.17, 15) is 18.0 Å². The van der Waals surface area contributed by atoms with Crippen LogP contribution in [-0.2, 0) is 6.18 Å². The Balaban J connectivity index is 2.27. The van der Waals surface area contributed by atoms with Crippen LogP contribution in [0.3, 0.4) is 0 Å². The van der Waals surface area contributed by atoms with E-state index in [1.165, 1.54) is 6.07 Å². The molecule has 22 heavy (non-hydrogen) atoms. The van der Waals surface area contributed by atoms with Gasteiger partial charge in [0.25, 0.3) is 0 Å². The van der Waals surface area contributed by atoms with Gasteiger partial charge in [0.15, 0.2) is 6.29 Å². The fourth-order valence-corrected chi connectivity index (χ4v) is 2.54. The van der Waals surface area contributed by atoms with Crippen LogP contribution in [0.4, 0.5) is 13.2 Å². The largest absolute Gasteiger partial charge is 0.416 e. The molecule has 0 bridgehead atoms. The zero-order valence-corrected chi connectivity index (χ0v) is 11.7. The summed E-state index contributed by atoms with van der Waals surface area (Å²) in [5.74, 6) is 0. The number of hydrogen-bond donors (Lipinski definition) is 1. The number of aldehydes is 1. The summed E-state index contributed by atoms with van der Waals surface area (Å²) in [4.78, 5) is 14.5. The molecule has 5 heteroatoms. The molecule has 0 aliphatic rings. The van der Waals surface area contributed by atoms with Crippen molar-refractivity contribution in [2.75, 3.05) is 0 Å². The van der Waals surface area contributed by atoms with Crippen LogP contribution in [0, 0.1) is 6.92 Å². The van der Waals surface area contributed by atoms with Gasteiger partial charge in [0, 0.05) is 16.5 Å². The van der Waals surface area contributed by atoms with E-state index >= 15 is 0 Å². The van der Waals surface area contributed by atoms with Crippen molar-refractivity contribution in [2.24, 2.45) is 0 Å².